The van der Waals surface area contributed by atoms with Crippen LogP contribution in [-0.2, 0) is 4.79 Å². The average molecular weight is 400 g/mol. The lowest BCUT2D eigenvalue weighted by molar-refractivity contribution is -0.113. The minimum Gasteiger partial charge on any atom is -0.327 e. The Kier molecular flexibility index (Phi) is 4.90. The molecule has 0 saturated heterocycles. The van der Waals surface area contributed by atoms with E-state index in [1.807, 2.05) is 55.5 Å². The molecule has 0 saturated carbocycles. The Morgan fingerprint density at radius 1 is 1.12 bits per heavy atom. The van der Waals surface area contributed by atoms with E-state index in [1.54, 1.807) is 6.92 Å². The number of carbonyl (C=O) groups excluding carboxylic acids is 2. The average Bonchev–Trinajstić information content (AvgIpc) is 2.56. The van der Waals surface area contributed by atoms with E-state index < -0.39 is 6.04 Å². The standard InChI is InChI=1S/C19H18BrN3O2/c1-11-6-8-15(9-7-11)22-18(24)16-12(2)21-19(25)23-17(16)13-4-3-5-14(20)10-13/h3-10,17H,1-2H3,(H,22,24)(H2,21,23,25)/t17-/m0/s1. The fraction of sp³-hybridized carbons (Fsp3) is 0.158. The van der Waals surface area contributed by atoms with Crippen LogP contribution >= 0.6 is 15.9 Å². The summed E-state index contributed by atoms with van der Waals surface area (Å²) in [6.45, 7) is 3.72. The third-order valence-corrected chi connectivity index (χ3v) is 4.50. The van der Waals surface area contributed by atoms with Crippen molar-refractivity contribution in [2.24, 2.45) is 0 Å². The van der Waals surface area contributed by atoms with E-state index >= 15 is 0 Å². The van der Waals surface area contributed by atoms with E-state index in [1.165, 1.54) is 0 Å². The number of hydrogen-bond donors (Lipinski definition) is 3. The molecule has 0 bridgehead atoms. The van der Waals surface area contributed by atoms with Crippen LogP contribution in [-0.4, -0.2) is 11.9 Å². The van der Waals surface area contributed by atoms with Crippen LogP contribution in [0.3, 0.4) is 0 Å². The molecule has 3 rings (SSSR count). The summed E-state index contributed by atoms with van der Waals surface area (Å²) in [5.74, 6) is -0.251. The van der Waals surface area contributed by atoms with Crippen molar-refractivity contribution in [1.82, 2.24) is 10.6 Å². The van der Waals surface area contributed by atoms with Gasteiger partial charge in [0.05, 0.1) is 11.6 Å². The molecule has 25 heavy (non-hydrogen) atoms. The van der Waals surface area contributed by atoms with Crippen LogP contribution in [0.1, 0.15) is 24.1 Å². The molecule has 3 amide bonds. The maximum atomic E-state index is 12.9. The van der Waals surface area contributed by atoms with Gasteiger partial charge in [0.25, 0.3) is 5.91 Å². The molecule has 1 atom stereocenters. The third-order valence-electron chi connectivity index (χ3n) is 4.01. The summed E-state index contributed by atoms with van der Waals surface area (Å²) in [5, 5.41) is 8.40. The van der Waals surface area contributed by atoms with Gasteiger partial charge in [0.2, 0.25) is 0 Å². The first kappa shape index (κ1) is 17.2. The summed E-state index contributed by atoms with van der Waals surface area (Å²) >= 11 is 3.43. The molecule has 0 fully saturated rings. The molecule has 128 valence electrons. The van der Waals surface area contributed by atoms with Gasteiger partial charge < -0.3 is 16.0 Å². The predicted octanol–water partition coefficient (Wildman–Crippen LogP) is 4.02. The number of carbonyl (C=O) groups is 2. The Balaban J connectivity index is 1.94. The van der Waals surface area contributed by atoms with Crippen molar-refractivity contribution in [1.29, 1.82) is 0 Å². The van der Waals surface area contributed by atoms with Crippen molar-refractivity contribution in [3.8, 4) is 0 Å². The molecule has 0 aliphatic carbocycles. The summed E-state index contributed by atoms with van der Waals surface area (Å²) in [6.07, 6.45) is 0. The number of benzene rings is 2. The highest BCUT2D eigenvalue weighted by molar-refractivity contribution is 9.10. The van der Waals surface area contributed by atoms with Gasteiger partial charge in [-0.05, 0) is 43.7 Å². The number of aryl methyl sites for hydroxylation is 1. The van der Waals surface area contributed by atoms with E-state index in [0.29, 0.717) is 17.0 Å². The second kappa shape index (κ2) is 7.11. The van der Waals surface area contributed by atoms with Crippen LogP contribution in [0.4, 0.5) is 10.5 Å². The molecule has 3 N–H and O–H groups in total. The Labute approximate surface area is 154 Å². The highest BCUT2D eigenvalue weighted by Gasteiger charge is 2.31. The Morgan fingerprint density at radius 3 is 2.52 bits per heavy atom. The Bertz CT molecular complexity index is 859. The maximum Gasteiger partial charge on any atom is 0.319 e. The summed E-state index contributed by atoms with van der Waals surface area (Å²) in [6, 6.07) is 14.3. The second-order valence-corrected chi connectivity index (χ2v) is 6.86. The van der Waals surface area contributed by atoms with E-state index in [-0.39, 0.29) is 11.9 Å². The second-order valence-electron chi connectivity index (χ2n) is 5.95. The minimum absolute atomic E-state index is 0.251. The molecule has 1 aliphatic rings. The smallest absolute Gasteiger partial charge is 0.319 e. The van der Waals surface area contributed by atoms with Gasteiger partial charge in [-0.25, -0.2) is 4.79 Å². The van der Waals surface area contributed by atoms with Crippen LogP contribution in [0.2, 0.25) is 0 Å². The van der Waals surface area contributed by atoms with Crippen molar-refractivity contribution >= 4 is 33.6 Å². The SMILES string of the molecule is CC1=C(C(=O)Nc2ccc(C)cc2)[C@H](c2cccc(Br)c2)NC(=O)N1. The lowest BCUT2D eigenvalue weighted by atomic mass is 9.95. The number of allylic oxidation sites excluding steroid dienone is 1. The number of anilines is 1. The van der Waals surface area contributed by atoms with Gasteiger partial charge in [0.15, 0.2) is 0 Å². The first-order valence-electron chi connectivity index (χ1n) is 7.86. The van der Waals surface area contributed by atoms with Gasteiger partial charge in [-0.15, -0.1) is 0 Å². The molecule has 2 aromatic carbocycles. The van der Waals surface area contributed by atoms with Crippen LogP contribution in [0.15, 0.2) is 64.3 Å². The van der Waals surface area contributed by atoms with Gasteiger partial charge in [-0.1, -0.05) is 45.8 Å². The van der Waals surface area contributed by atoms with E-state index in [4.69, 9.17) is 0 Å². The zero-order valence-corrected chi connectivity index (χ0v) is 15.5. The van der Waals surface area contributed by atoms with Crippen LogP contribution in [0.5, 0.6) is 0 Å². The zero-order valence-electron chi connectivity index (χ0n) is 13.9. The maximum absolute atomic E-state index is 12.9. The molecule has 5 nitrogen and oxygen atoms in total. The number of rotatable bonds is 3. The van der Waals surface area contributed by atoms with Crippen molar-refractivity contribution in [3.63, 3.8) is 0 Å². The third kappa shape index (κ3) is 3.91. The number of nitrogens with one attached hydrogen (secondary N) is 3. The summed E-state index contributed by atoms with van der Waals surface area (Å²) in [4.78, 5) is 24.8. The van der Waals surface area contributed by atoms with Gasteiger partial charge in [-0.3, -0.25) is 4.79 Å². The van der Waals surface area contributed by atoms with Gasteiger partial charge >= 0.3 is 6.03 Å². The van der Waals surface area contributed by atoms with E-state index in [2.05, 4.69) is 31.9 Å². The lowest BCUT2D eigenvalue weighted by Crippen LogP contribution is -2.45. The quantitative estimate of drug-likeness (QED) is 0.728. The lowest BCUT2D eigenvalue weighted by Gasteiger charge is -2.28. The predicted molar refractivity (Wildman–Crippen MR) is 101 cm³/mol. The van der Waals surface area contributed by atoms with Crippen LogP contribution in [0, 0.1) is 6.92 Å². The van der Waals surface area contributed by atoms with E-state index in [9.17, 15) is 9.59 Å². The van der Waals surface area contributed by atoms with Crippen molar-refractivity contribution < 1.29 is 9.59 Å². The zero-order chi connectivity index (χ0) is 18.0. The fourth-order valence-corrected chi connectivity index (χ4v) is 3.18. The molecule has 1 aliphatic heterocycles. The van der Waals surface area contributed by atoms with Gasteiger partial charge in [-0.2, -0.15) is 0 Å². The van der Waals surface area contributed by atoms with Gasteiger partial charge in [0.1, 0.15) is 0 Å². The van der Waals surface area contributed by atoms with Crippen molar-refractivity contribution in [3.05, 3.63) is 75.4 Å². The van der Waals surface area contributed by atoms with E-state index in [0.717, 1.165) is 15.6 Å². The van der Waals surface area contributed by atoms with Gasteiger partial charge in [0, 0.05) is 15.9 Å². The summed E-state index contributed by atoms with van der Waals surface area (Å²) in [7, 11) is 0. The molecule has 6 heteroatoms. The number of hydrogen-bond acceptors (Lipinski definition) is 2. The largest absolute Gasteiger partial charge is 0.327 e. The summed E-state index contributed by atoms with van der Waals surface area (Å²) in [5.41, 5.74) is 3.68. The Morgan fingerprint density at radius 2 is 1.84 bits per heavy atom. The molecular weight excluding hydrogens is 382 g/mol. The molecule has 2 aromatic rings. The number of urea groups is 1. The molecule has 0 radical (unpaired) electrons. The molecule has 1 heterocycles. The number of amides is 3. The van der Waals surface area contributed by atoms with Crippen molar-refractivity contribution in [2.45, 2.75) is 19.9 Å². The molecular formula is C19H18BrN3O2. The van der Waals surface area contributed by atoms with Crippen LogP contribution in [0.25, 0.3) is 0 Å². The Hall–Kier alpha value is -2.60. The fourth-order valence-electron chi connectivity index (χ4n) is 2.77. The molecule has 0 spiro atoms. The highest BCUT2D eigenvalue weighted by atomic mass is 79.9. The molecule has 0 unspecified atom stereocenters. The highest BCUT2D eigenvalue weighted by Crippen LogP contribution is 2.29. The normalized spacial score (nSPS) is 16.9. The number of halogens is 1. The minimum atomic E-state index is -0.517. The first-order valence-corrected chi connectivity index (χ1v) is 8.65. The first-order chi connectivity index (χ1) is 11.9. The van der Waals surface area contributed by atoms with Crippen LogP contribution < -0.4 is 16.0 Å². The summed E-state index contributed by atoms with van der Waals surface area (Å²) < 4.78 is 0.883. The topological polar surface area (TPSA) is 70.2 Å². The monoisotopic (exact) mass is 399 g/mol. The molecule has 0 aromatic heterocycles. The van der Waals surface area contributed by atoms with Crippen molar-refractivity contribution in [2.75, 3.05) is 5.32 Å².